The van der Waals surface area contributed by atoms with Crippen molar-refractivity contribution in [3.05, 3.63) is 53.7 Å². The van der Waals surface area contributed by atoms with Crippen LogP contribution in [0.3, 0.4) is 0 Å². The zero-order valence-corrected chi connectivity index (χ0v) is 11.4. The van der Waals surface area contributed by atoms with Gasteiger partial charge in [0.2, 0.25) is 0 Å². The Kier molecular flexibility index (Phi) is 2.37. The van der Waals surface area contributed by atoms with Crippen LogP contribution in [0.1, 0.15) is 0 Å². The highest BCUT2D eigenvalue weighted by molar-refractivity contribution is 7.21. The Morgan fingerprint density at radius 2 is 2.00 bits per heavy atom. The molecule has 0 radical (unpaired) electrons. The second kappa shape index (κ2) is 4.08. The maximum absolute atomic E-state index is 6.01. The van der Waals surface area contributed by atoms with Gasteiger partial charge in [0.25, 0.3) is 0 Å². The smallest absolute Gasteiger partial charge is 0.126 e. The molecule has 92 valence electrons. The first-order valence-electron chi connectivity index (χ1n) is 5.94. The molecule has 19 heavy (non-hydrogen) atoms. The van der Waals surface area contributed by atoms with Crippen LogP contribution in [0, 0.1) is 0 Å². The minimum absolute atomic E-state index is 0.725. The monoisotopic (exact) mass is 284 g/mol. The van der Waals surface area contributed by atoms with Gasteiger partial charge in [-0.3, -0.25) is 0 Å². The van der Waals surface area contributed by atoms with Gasteiger partial charge in [0, 0.05) is 27.7 Å². The lowest BCUT2D eigenvalue weighted by Crippen LogP contribution is -1.73. The minimum Gasteiger partial charge on any atom is -0.360 e. The maximum atomic E-state index is 6.01. The van der Waals surface area contributed by atoms with Crippen LogP contribution in [0.15, 0.2) is 48.7 Å². The van der Waals surface area contributed by atoms with Crippen molar-refractivity contribution in [1.29, 1.82) is 0 Å². The molecule has 2 aromatic carbocycles. The molecule has 0 amide bonds. The van der Waals surface area contributed by atoms with Gasteiger partial charge >= 0.3 is 0 Å². The third-order valence-electron chi connectivity index (χ3n) is 3.17. The highest BCUT2D eigenvalue weighted by atomic mass is 35.5. The number of H-pyrrole nitrogens is 1. The molecule has 2 aromatic heterocycles. The van der Waals surface area contributed by atoms with E-state index < -0.39 is 0 Å². The van der Waals surface area contributed by atoms with Crippen molar-refractivity contribution >= 4 is 44.1 Å². The lowest BCUT2D eigenvalue weighted by Gasteiger charge is -1.92. The number of aromatic nitrogens is 2. The number of nitrogens with one attached hydrogen (secondary N) is 1. The van der Waals surface area contributed by atoms with Crippen LogP contribution < -0.4 is 0 Å². The first-order chi connectivity index (χ1) is 9.31. The first kappa shape index (κ1) is 11.0. The number of thiazole rings is 1. The Morgan fingerprint density at radius 3 is 2.95 bits per heavy atom. The van der Waals surface area contributed by atoms with Gasteiger partial charge in [-0.2, -0.15) is 0 Å². The van der Waals surface area contributed by atoms with Crippen LogP contribution in [0.4, 0.5) is 0 Å². The molecule has 0 aliphatic rings. The van der Waals surface area contributed by atoms with Crippen molar-refractivity contribution in [1.82, 2.24) is 9.97 Å². The van der Waals surface area contributed by atoms with Gasteiger partial charge in [-0.05, 0) is 24.3 Å². The van der Waals surface area contributed by atoms with E-state index in [2.05, 4.69) is 22.1 Å². The van der Waals surface area contributed by atoms with E-state index in [9.17, 15) is 0 Å². The van der Waals surface area contributed by atoms with Crippen molar-refractivity contribution in [3.8, 4) is 10.6 Å². The van der Waals surface area contributed by atoms with E-state index in [-0.39, 0.29) is 0 Å². The fourth-order valence-electron chi connectivity index (χ4n) is 2.26. The van der Waals surface area contributed by atoms with Crippen molar-refractivity contribution in [3.63, 3.8) is 0 Å². The molecule has 0 atom stereocenters. The highest BCUT2D eigenvalue weighted by Gasteiger charge is 2.10. The third kappa shape index (κ3) is 1.74. The second-order valence-corrected chi connectivity index (χ2v) is 5.85. The quantitative estimate of drug-likeness (QED) is 0.518. The summed E-state index contributed by atoms with van der Waals surface area (Å²) in [6, 6.07) is 14.1. The predicted molar refractivity (Wildman–Crippen MR) is 81.9 cm³/mol. The molecular formula is C15H9ClN2S. The van der Waals surface area contributed by atoms with Gasteiger partial charge in [-0.15, -0.1) is 11.3 Å². The van der Waals surface area contributed by atoms with E-state index in [0.717, 1.165) is 31.3 Å². The predicted octanol–water partition coefficient (Wildman–Crippen LogP) is 5.10. The highest BCUT2D eigenvalue weighted by Crippen LogP contribution is 2.35. The molecule has 4 aromatic rings. The maximum Gasteiger partial charge on any atom is 0.126 e. The fourth-order valence-corrected chi connectivity index (χ4v) is 3.41. The summed E-state index contributed by atoms with van der Waals surface area (Å²) in [6.07, 6.45) is 2.02. The molecule has 1 N–H and O–H groups in total. The Balaban J connectivity index is 1.99. The van der Waals surface area contributed by atoms with Crippen LogP contribution in [0.5, 0.6) is 0 Å². The summed E-state index contributed by atoms with van der Waals surface area (Å²) in [7, 11) is 0. The van der Waals surface area contributed by atoms with Gasteiger partial charge in [-0.1, -0.05) is 29.8 Å². The summed E-state index contributed by atoms with van der Waals surface area (Å²) in [4.78, 5) is 7.96. The van der Waals surface area contributed by atoms with Crippen molar-refractivity contribution in [2.75, 3.05) is 0 Å². The molecule has 2 heterocycles. The number of benzene rings is 2. The Labute approximate surface area is 118 Å². The zero-order chi connectivity index (χ0) is 12.8. The van der Waals surface area contributed by atoms with Crippen LogP contribution >= 0.6 is 22.9 Å². The molecule has 0 saturated heterocycles. The van der Waals surface area contributed by atoms with E-state index >= 15 is 0 Å². The van der Waals surface area contributed by atoms with Crippen LogP contribution in [0.25, 0.3) is 31.7 Å². The normalized spacial score (nSPS) is 11.4. The third-order valence-corrected chi connectivity index (χ3v) is 4.47. The molecule has 0 spiro atoms. The molecule has 0 aliphatic carbocycles. The molecule has 0 bridgehead atoms. The lowest BCUT2D eigenvalue weighted by molar-refractivity contribution is 1.45. The number of hydrogen-bond donors (Lipinski definition) is 1. The van der Waals surface area contributed by atoms with Crippen molar-refractivity contribution in [2.24, 2.45) is 0 Å². The Hall–Kier alpha value is -1.84. The number of hydrogen-bond acceptors (Lipinski definition) is 2. The largest absolute Gasteiger partial charge is 0.360 e. The van der Waals surface area contributed by atoms with Gasteiger partial charge in [0.15, 0.2) is 0 Å². The van der Waals surface area contributed by atoms with E-state index in [1.54, 1.807) is 11.3 Å². The van der Waals surface area contributed by atoms with E-state index in [1.807, 2.05) is 36.5 Å². The number of fused-ring (bicyclic) bond motifs is 2. The number of rotatable bonds is 1. The van der Waals surface area contributed by atoms with Crippen LogP contribution in [-0.2, 0) is 0 Å². The number of halogens is 1. The Bertz CT molecular complexity index is 891. The Morgan fingerprint density at radius 1 is 1.11 bits per heavy atom. The minimum atomic E-state index is 0.725. The van der Waals surface area contributed by atoms with Crippen LogP contribution in [-0.4, -0.2) is 9.97 Å². The van der Waals surface area contributed by atoms with Crippen molar-refractivity contribution < 1.29 is 0 Å². The zero-order valence-electron chi connectivity index (χ0n) is 9.85. The molecule has 4 heteroatoms. The summed E-state index contributed by atoms with van der Waals surface area (Å²) in [6.45, 7) is 0. The van der Waals surface area contributed by atoms with Crippen LogP contribution in [0.2, 0.25) is 5.02 Å². The van der Waals surface area contributed by atoms with E-state index in [4.69, 9.17) is 11.6 Å². The molecule has 0 aliphatic heterocycles. The number of para-hydroxylation sites is 1. The lowest BCUT2D eigenvalue weighted by atomic mass is 10.2. The second-order valence-electron chi connectivity index (χ2n) is 4.38. The van der Waals surface area contributed by atoms with Gasteiger partial charge in [0.1, 0.15) is 5.01 Å². The fraction of sp³-hybridized carbons (Fsp3) is 0. The molecule has 0 fully saturated rings. The van der Waals surface area contributed by atoms with Gasteiger partial charge in [-0.25, -0.2) is 4.98 Å². The summed E-state index contributed by atoms with van der Waals surface area (Å²) in [5.74, 6) is 0. The summed E-state index contributed by atoms with van der Waals surface area (Å²) >= 11 is 7.70. The molecule has 0 saturated carbocycles. The number of aromatic amines is 1. The summed E-state index contributed by atoms with van der Waals surface area (Å²) in [5.41, 5.74) is 3.24. The molecule has 4 rings (SSSR count). The standard InChI is InChI=1S/C15H9ClN2S/c16-9-5-6-14-13(7-9)18-15(19-14)11-8-17-12-4-2-1-3-10(11)12/h1-8,17H. The first-order valence-corrected chi connectivity index (χ1v) is 7.13. The van der Waals surface area contributed by atoms with Gasteiger partial charge < -0.3 is 4.98 Å². The molecular weight excluding hydrogens is 276 g/mol. The topological polar surface area (TPSA) is 28.7 Å². The van der Waals surface area contributed by atoms with Gasteiger partial charge in [0.05, 0.1) is 10.2 Å². The summed E-state index contributed by atoms with van der Waals surface area (Å²) in [5, 5.41) is 2.95. The summed E-state index contributed by atoms with van der Waals surface area (Å²) < 4.78 is 1.16. The van der Waals surface area contributed by atoms with Crippen molar-refractivity contribution in [2.45, 2.75) is 0 Å². The molecule has 2 nitrogen and oxygen atoms in total. The van der Waals surface area contributed by atoms with E-state index in [1.165, 1.54) is 5.39 Å². The average Bonchev–Trinajstić information content (AvgIpc) is 3.00. The van der Waals surface area contributed by atoms with E-state index in [0.29, 0.717) is 0 Å². The average molecular weight is 285 g/mol. The molecule has 0 unspecified atom stereocenters. The SMILES string of the molecule is Clc1ccc2sc(-c3c[nH]c4ccccc34)nc2c1. The number of nitrogens with zero attached hydrogens (tertiary/aromatic N) is 1.